The van der Waals surface area contributed by atoms with Crippen LogP contribution < -0.4 is 0 Å². The second-order valence-corrected chi connectivity index (χ2v) is 5.52. The molecule has 20 heavy (non-hydrogen) atoms. The van der Waals surface area contributed by atoms with Gasteiger partial charge in [0.25, 0.3) is 0 Å². The number of hydrogen-bond donors (Lipinski definition) is 0. The average Bonchev–Trinajstić information content (AvgIpc) is 2.93. The van der Waals surface area contributed by atoms with Crippen LogP contribution in [-0.2, 0) is 12.8 Å². The lowest BCUT2D eigenvalue weighted by molar-refractivity contribution is 0.104. The van der Waals surface area contributed by atoms with E-state index in [0.717, 1.165) is 24.0 Å². The Hall–Kier alpha value is -1.86. The molecule has 0 heterocycles. The van der Waals surface area contributed by atoms with Gasteiger partial charge in [0.2, 0.25) is 0 Å². The molecule has 0 fully saturated rings. The van der Waals surface area contributed by atoms with E-state index in [0.29, 0.717) is 5.02 Å². The van der Waals surface area contributed by atoms with E-state index in [-0.39, 0.29) is 5.78 Å². The first kappa shape index (κ1) is 13.1. The quantitative estimate of drug-likeness (QED) is 0.588. The number of rotatable bonds is 3. The number of benzene rings is 2. The van der Waals surface area contributed by atoms with E-state index in [4.69, 9.17) is 11.6 Å². The summed E-state index contributed by atoms with van der Waals surface area (Å²) in [6.45, 7) is 0. The van der Waals surface area contributed by atoms with Crippen molar-refractivity contribution in [3.05, 3.63) is 75.8 Å². The minimum Gasteiger partial charge on any atom is -0.289 e. The number of allylic oxidation sites excluding steroid dienone is 1. The van der Waals surface area contributed by atoms with Crippen molar-refractivity contribution in [3.63, 3.8) is 0 Å². The van der Waals surface area contributed by atoms with E-state index in [1.54, 1.807) is 6.08 Å². The molecule has 0 amide bonds. The Kier molecular flexibility index (Phi) is 3.70. The van der Waals surface area contributed by atoms with Gasteiger partial charge in [-0.05, 0) is 60.2 Å². The lowest BCUT2D eigenvalue weighted by atomic mass is 10.0. The molecule has 2 aromatic rings. The second-order valence-electron chi connectivity index (χ2n) is 5.09. The van der Waals surface area contributed by atoms with Gasteiger partial charge in [-0.25, -0.2) is 0 Å². The molecule has 0 N–H and O–H groups in total. The lowest BCUT2D eigenvalue weighted by Gasteiger charge is -2.01. The topological polar surface area (TPSA) is 17.1 Å². The predicted molar refractivity (Wildman–Crippen MR) is 83.3 cm³/mol. The Morgan fingerprint density at radius 1 is 1.00 bits per heavy atom. The first-order valence-electron chi connectivity index (χ1n) is 6.82. The van der Waals surface area contributed by atoms with Gasteiger partial charge >= 0.3 is 0 Å². The van der Waals surface area contributed by atoms with Crippen molar-refractivity contribution < 1.29 is 4.79 Å². The van der Waals surface area contributed by atoms with Gasteiger partial charge in [-0.2, -0.15) is 0 Å². The van der Waals surface area contributed by atoms with Crippen molar-refractivity contribution in [1.82, 2.24) is 0 Å². The Balaban J connectivity index is 1.77. The minimum absolute atomic E-state index is 0.0506. The highest BCUT2D eigenvalue weighted by molar-refractivity contribution is 6.30. The summed E-state index contributed by atoms with van der Waals surface area (Å²) in [5.74, 6) is 0.0506. The molecule has 0 spiro atoms. The summed E-state index contributed by atoms with van der Waals surface area (Å²) in [5, 5.41) is 0.701. The number of halogens is 1. The molecule has 0 saturated heterocycles. The number of ketones is 1. The molecule has 0 aromatic heterocycles. The third-order valence-electron chi connectivity index (χ3n) is 3.68. The zero-order valence-corrected chi connectivity index (χ0v) is 11.9. The summed E-state index contributed by atoms with van der Waals surface area (Å²) < 4.78 is 0. The number of fused-ring (bicyclic) bond motifs is 1. The lowest BCUT2D eigenvalue weighted by Crippen LogP contribution is -1.96. The molecule has 0 bridgehead atoms. The van der Waals surface area contributed by atoms with E-state index in [9.17, 15) is 4.79 Å². The number of carbonyl (C=O) groups excluding carboxylic acids is 1. The molecule has 3 rings (SSSR count). The van der Waals surface area contributed by atoms with Crippen molar-refractivity contribution in [1.29, 1.82) is 0 Å². The minimum atomic E-state index is 0.0506. The third kappa shape index (κ3) is 2.83. The summed E-state index contributed by atoms with van der Waals surface area (Å²) in [6, 6.07) is 13.5. The Morgan fingerprint density at radius 3 is 2.55 bits per heavy atom. The fourth-order valence-electron chi connectivity index (χ4n) is 2.57. The van der Waals surface area contributed by atoms with Crippen LogP contribution in [0.5, 0.6) is 0 Å². The van der Waals surface area contributed by atoms with Crippen molar-refractivity contribution in [2.24, 2.45) is 0 Å². The van der Waals surface area contributed by atoms with E-state index < -0.39 is 0 Å². The summed E-state index contributed by atoms with van der Waals surface area (Å²) in [5.41, 5.74) is 4.47. The fourth-order valence-corrected chi connectivity index (χ4v) is 2.69. The van der Waals surface area contributed by atoms with Gasteiger partial charge in [0.05, 0.1) is 0 Å². The third-order valence-corrected chi connectivity index (χ3v) is 3.93. The van der Waals surface area contributed by atoms with Crippen LogP contribution in [0.2, 0.25) is 5.02 Å². The largest absolute Gasteiger partial charge is 0.289 e. The SMILES string of the molecule is O=C(C=Cc1ccc(Cl)cc1)c1ccc2c(c1)CCC2. The normalized spacial score (nSPS) is 13.7. The van der Waals surface area contributed by atoms with Gasteiger partial charge in [-0.15, -0.1) is 0 Å². The predicted octanol–water partition coefficient (Wildman–Crippen LogP) is 4.72. The van der Waals surface area contributed by atoms with Crippen LogP contribution in [-0.4, -0.2) is 5.78 Å². The van der Waals surface area contributed by atoms with Crippen molar-refractivity contribution in [2.45, 2.75) is 19.3 Å². The Labute approximate surface area is 123 Å². The monoisotopic (exact) mass is 282 g/mol. The second kappa shape index (κ2) is 5.64. The molecule has 0 atom stereocenters. The molecule has 1 aliphatic rings. The van der Waals surface area contributed by atoms with Crippen LogP contribution in [0.15, 0.2) is 48.5 Å². The summed E-state index contributed by atoms with van der Waals surface area (Å²) in [4.78, 5) is 12.2. The molecule has 2 aromatic carbocycles. The van der Waals surface area contributed by atoms with Crippen LogP contribution in [0, 0.1) is 0 Å². The maximum absolute atomic E-state index is 12.2. The van der Waals surface area contributed by atoms with Gasteiger partial charge < -0.3 is 0 Å². The van der Waals surface area contributed by atoms with Crippen LogP contribution in [0.4, 0.5) is 0 Å². The molecular formula is C18H15ClO. The summed E-state index contributed by atoms with van der Waals surface area (Å²) in [6.07, 6.45) is 6.89. The van der Waals surface area contributed by atoms with Gasteiger partial charge in [-0.1, -0.05) is 41.9 Å². The molecule has 0 radical (unpaired) electrons. The molecule has 1 nitrogen and oxygen atoms in total. The average molecular weight is 283 g/mol. The maximum atomic E-state index is 12.2. The van der Waals surface area contributed by atoms with Crippen LogP contribution in [0.1, 0.15) is 33.5 Å². The summed E-state index contributed by atoms with van der Waals surface area (Å²) in [7, 11) is 0. The number of carbonyl (C=O) groups is 1. The van der Waals surface area contributed by atoms with E-state index >= 15 is 0 Å². The van der Waals surface area contributed by atoms with Crippen molar-refractivity contribution in [2.75, 3.05) is 0 Å². The molecule has 0 unspecified atom stereocenters. The van der Waals surface area contributed by atoms with E-state index in [1.807, 2.05) is 42.5 Å². The Bertz CT molecular complexity index is 668. The first-order valence-corrected chi connectivity index (χ1v) is 7.20. The molecule has 0 saturated carbocycles. The standard InChI is InChI=1S/C18H15ClO/c19-17-9-4-13(5-10-17)6-11-18(20)16-8-7-14-2-1-3-15(14)12-16/h4-12H,1-3H2. The van der Waals surface area contributed by atoms with Gasteiger partial charge in [0.1, 0.15) is 0 Å². The van der Waals surface area contributed by atoms with Gasteiger partial charge in [0, 0.05) is 10.6 Å². The first-order chi connectivity index (χ1) is 9.72. The van der Waals surface area contributed by atoms with Crippen LogP contribution >= 0.6 is 11.6 Å². The number of aryl methyl sites for hydroxylation is 2. The zero-order valence-electron chi connectivity index (χ0n) is 11.1. The highest BCUT2D eigenvalue weighted by Gasteiger charge is 2.12. The molecule has 1 aliphatic carbocycles. The molecule has 100 valence electrons. The highest BCUT2D eigenvalue weighted by atomic mass is 35.5. The molecular weight excluding hydrogens is 268 g/mol. The van der Waals surface area contributed by atoms with E-state index in [2.05, 4.69) is 6.07 Å². The zero-order chi connectivity index (χ0) is 13.9. The highest BCUT2D eigenvalue weighted by Crippen LogP contribution is 2.23. The van der Waals surface area contributed by atoms with Crippen LogP contribution in [0.3, 0.4) is 0 Å². The van der Waals surface area contributed by atoms with Gasteiger partial charge in [0.15, 0.2) is 5.78 Å². The van der Waals surface area contributed by atoms with Crippen molar-refractivity contribution >= 4 is 23.5 Å². The van der Waals surface area contributed by atoms with Gasteiger partial charge in [-0.3, -0.25) is 4.79 Å². The molecule has 0 aliphatic heterocycles. The maximum Gasteiger partial charge on any atom is 0.185 e. The van der Waals surface area contributed by atoms with E-state index in [1.165, 1.54) is 17.5 Å². The number of hydrogen-bond acceptors (Lipinski definition) is 1. The fraction of sp³-hybridized carbons (Fsp3) is 0.167. The summed E-state index contributed by atoms with van der Waals surface area (Å²) >= 11 is 5.83. The van der Waals surface area contributed by atoms with Crippen LogP contribution in [0.25, 0.3) is 6.08 Å². The molecule has 2 heteroatoms. The van der Waals surface area contributed by atoms with Crippen molar-refractivity contribution in [3.8, 4) is 0 Å². The smallest absolute Gasteiger partial charge is 0.185 e. The Morgan fingerprint density at radius 2 is 1.75 bits per heavy atom.